The molecular formula is C24H22FN. The fourth-order valence-corrected chi connectivity index (χ4v) is 2.74. The van der Waals surface area contributed by atoms with Crippen molar-refractivity contribution in [2.24, 2.45) is 4.99 Å². The second-order valence-corrected chi connectivity index (χ2v) is 6.36. The highest BCUT2D eigenvalue weighted by Gasteiger charge is 2.05. The van der Waals surface area contributed by atoms with Gasteiger partial charge in [-0.25, -0.2) is 4.39 Å². The molecule has 2 heteroatoms. The standard InChI is InChI=1S/C24H22FN/c1-3-4-5-19-8-10-20(11-9-19)17-26-22-14-15-23(24(25)16-22)21-12-6-18(2)7-13-21/h3,6-17H,1,4-5H2,2H3. The topological polar surface area (TPSA) is 12.4 Å². The zero-order chi connectivity index (χ0) is 18.4. The summed E-state index contributed by atoms with van der Waals surface area (Å²) in [7, 11) is 0. The summed E-state index contributed by atoms with van der Waals surface area (Å²) < 4.78 is 14.5. The number of hydrogen-bond donors (Lipinski definition) is 0. The summed E-state index contributed by atoms with van der Waals surface area (Å²) >= 11 is 0. The van der Waals surface area contributed by atoms with Gasteiger partial charge in [0.2, 0.25) is 0 Å². The number of hydrogen-bond acceptors (Lipinski definition) is 1. The minimum Gasteiger partial charge on any atom is -0.256 e. The molecule has 0 amide bonds. The highest BCUT2D eigenvalue weighted by Crippen LogP contribution is 2.26. The van der Waals surface area contributed by atoms with E-state index in [1.54, 1.807) is 12.3 Å². The van der Waals surface area contributed by atoms with Crippen LogP contribution < -0.4 is 0 Å². The average Bonchev–Trinajstić information content (AvgIpc) is 2.66. The van der Waals surface area contributed by atoms with Crippen LogP contribution >= 0.6 is 0 Å². The maximum Gasteiger partial charge on any atom is 0.133 e. The van der Waals surface area contributed by atoms with Gasteiger partial charge in [0.25, 0.3) is 0 Å². The van der Waals surface area contributed by atoms with Crippen molar-refractivity contribution < 1.29 is 4.39 Å². The Morgan fingerprint density at radius 2 is 1.69 bits per heavy atom. The molecule has 0 saturated carbocycles. The molecule has 1 nitrogen and oxygen atoms in total. The fourth-order valence-electron chi connectivity index (χ4n) is 2.74. The van der Waals surface area contributed by atoms with Crippen molar-refractivity contribution in [2.45, 2.75) is 19.8 Å². The quantitative estimate of drug-likeness (QED) is 0.350. The number of halogens is 1. The van der Waals surface area contributed by atoms with Crippen LogP contribution in [0.2, 0.25) is 0 Å². The predicted octanol–water partition coefficient (Wildman–Crippen LogP) is 6.67. The second-order valence-electron chi connectivity index (χ2n) is 6.36. The van der Waals surface area contributed by atoms with Crippen LogP contribution in [0.3, 0.4) is 0 Å². The maximum atomic E-state index is 14.5. The Hall–Kier alpha value is -3.00. The van der Waals surface area contributed by atoms with Crippen molar-refractivity contribution in [2.75, 3.05) is 0 Å². The lowest BCUT2D eigenvalue weighted by atomic mass is 10.0. The van der Waals surface area contributed by atoms with Crippen LogP contribution in [0.25, 0.3) is 11.1 Å². The molecule has 0 fully saturated rings. The largest absolute Gasteiger partial charge is 0.256 e. The van der Waals surface area contributed by atoms with E-state index in [0.29, 0.717) is 11.3 Å². The molecule has 130 valence electrons. The van der Waals surface area contributed by atoms with Gasteiger partial charge in [-0.1, -0.05) is 60.2 Å². The van der Waals surface area contributed by atoms with E-state index in [1.165, 1.54) is 11.6 Å². The summed E-state index contributed by atoms with van der Waals surface area (Å²) in [5.41, 5.74) is 5.50. The Morgan fingerprint density at radius 3 is 2.35 bits per heavy atom. The van der Waals surface area contributed by atoms with Crippen molar-refractivity contribution >= 4 is 11.9 Å². The van der Waals surface area contributed by atoms with Gasteiger partial charge < -0.3 is 0 Å². The molecule has 26 heavy (non-hydrogen) atoms. The summed E-state index contributed by atoms with van der Waals surface area (Å²) in [5.74, 6) is -0.261. The molecule has 0 aromatic heterocycles. The van der Waals surface area contributed by atoms with Gasteiger partial charge in [0.05, 0.1) is 5.69 Å². The molecule has 0 heterocycles. The Kier molecular flexibility index (Phi) is 5.75. The first-order valence-corrected chi connectivity index (χ1v) is 8.76. The first-order valence-electron chi connectivity index (χ1n) is 8.76. The molecule has 0 radical (unpaired) electrons. The lowest BCUT2D eigenvalue weighted by Gasteiger charge is -2.05. The van der Waals surface area contributed by atoms with E-state index in [9.17, 15) is 4.39 Å². The Morgan fingerprint density at radius 1 is 0.962 bits per heavy atom. The monoisotopic (exact) mass is 343 g/mol. The first kappa shape index (κ1) is 17.8. The Balaban J connectivity index is 1.74. The van der Waals surface area contributed by atoms with E-state index in [0.717, 1.165) is 29.5 Å². The van der Waals surface area contributed by atoms with Crippen LogP contribution in [0.15, 0.2) is 84.4 Å². The smallest absolute Gasteiger partial charge is 0.133 e. The molecular weight excluding hydrogens is 321 g/mol. The van der Waals surface area contributed by atoms with Gasteiger partial charge in [0.1, 0.15) is 5.82 Å². The zero-order valence-electron chi connectivity index (χ0n) is 15.0. The van der Waals surface area contributed by atoms with Gasteiger partial charge in [-0.2, -0.15) is 0 Å². The van der Waals surface area contributed by atoms with Gasteiger partial charge in [-0.15, -0.1) is 6.58 Å². The van der Waals surface area contributed by atoms with Gasteiger partial charge in [0, 0.05) is 17.8 Å². The summed E-state index contributed by atoms with van der Waals surface area (Å²) in [4.78, 5) is 4.40. The minimum absolute atomic E-state index is 0.261. The fraction of sp³-hybridized carbons (Fsp3) is 0.125. The normalized spacial score (nSPS) is 11.0. The molecule has 0 aliphatic heterocycles. The number of aryl methyl sites for hydroxylation is 2. The molecule has 3 aromatic carbocycles. The van der Waals surface area contributed by atoms with Gasteiger partial charge in [-0.05, 0) is 48.6 Å². The molecule has 3 aromatic rings. The number of rotatable bonds is 6. The highest BCUT2D eigenvalue weighted by atomic mass is 19.1. The third kappa shape index (κ3) is 4.54. The molecule has 0 aliphatic rings. The summed E-state index contributed by atoms with van der Waals surface area (Å²) in [6, 6.07) is 21.2. The Bertz CT molecular complexity index is 906. The van der Waals surface area contributed by atoms with E-state index in [2.05, 4.69) is 23.7 Å². The average molecular weight is 343 g/mol. The molecule has 0 N–H and O–H groups in total. The lowest BCUT2D eigenvalue weighted by Crippen LogP contribution is -1.86. The summed E-state index contributed by atoms with van der Waals surface area (Å²) in [6.45, 7) is 5.76. The molecule has 0 saturated heterocycles. The van der Waals surface area contributed by atoms with Crippen molar-refractivity contribution in [1.82, 2.24) is 0 Å². The maximum absolute atomic E-state index is 14.5. The van der Waals surface area contributed by atoms with E-state index in [4.69, 9.17) is 0 Å². The number of benzene rings is 3. The lowest BCUT2D eigenvalue weighted by molar-refractivity contribution is 0.631. The summed E-state index contributed by atoms with van der Waals surface area (Å²) in [6.07, 6.45) is 5.65. The van der Waals surface area contributed by atoms with E-state index in [-0.39, 0.29) is 5.82 Å². The van der Waals surface area contributed by atoms with Crippen molar-refractivity contribution in [3.63, 3.8) is 0 Å². The molecule has 0 unspecified atom stereocenters. The molecule has 3 rings (SSSR count). The van der Waals surface area contributed by atoms with Crippen LogP contribution in [0.4, 0.5) is 10.1 Å². The molecule has 0 aliphatic carbocycles. The number of nitrogens with zero attached hydrogens (tertiary/aromatic N) is 1. The molecule has 0 bridgehead atoms. The van der Waals surface area contributed by atoms with Crippen molar-refractivity contribution in [3.8, 4) is 11.1 Å². The third-order valence-electron chi connectivity index (χ3n) is 4.29. The Labute approximate surface area is 154 Å². The zero-order valence-corrected chi connectivity index (χ0v) is 15.0. The van der Waals surface area contributed by atoms with E-state index >= 15 is 0 Å². The summed E-state index contributed by atoms with van der Waals surface area (Å²) in [5, 5.41) is 0. The van der Waals surface area contributed by atoms with Crippen molar-refractivity contribution in [3.05, 3.63) is 102 Å². The highest BCUT2D eigenvalue weighted by molar-refractivity contribution is 5.82. The van der Waals surface area contributed by atoms with Crippen LogP contribution in [0.5, 0.6) is 0 Å². The molecule has 0 spiro atoms. The minimum atomic E-state index is -0.261. The van der Waals surface area contributed by atoms with Gasteiger partial charge in [-0.3, -0.25) is 4.99 Å². The second kappa shape index (κ2) is 8.39. The van der Waals surface area contributed by atoms with Crippen LogP contribution in [-0.2, 0) is 6.42 Å². The predicted molar refractivity (Wildman–Crippen MR) is 109 cm³/mol. The van der Waals surface area contributed by atoms with Crippen molar-refractivity contribution in [1.29, 1.82) is 0 Å². The van der Waals surface area contributed by atoms with E-state index < -0.39 is 0 Å². The van der Waals surface area contributed by atoms with Crippen LogP contribution in [0, 0.1) is 12.7 Å². The number of aliphatic imine (C=N–C) groups is 1. The SMILES string of the molecule is C=CCCc1ccc(C=Nc2ccc(-c3ccc(C)cc3)c(F)c2)cc1. The van der Waals surface area contributed by atoms with Gasteiger partial charge >= 0.3 is 0 Å². The van der Waals surface area contributed by atoms with Crippen LogP contribution in [0.1, 0.15) is 23.1 Å². The van der Waals surface area contributed by atoms with E-state index in [1.807, 2.05) is 55.5 Å². The third-order valence-corrected chi connectivity index (χ3v) is 4.29. The van der Waals surface area contributed by atoms with Gasteiger partial charge in [0.15, 0.2) is 0 Å². The number of allylic oxidation sites excluding steroid dienone is 1. The first-order chi connectivity index (χ1) is 12.7. The van der Waals surface area contributed by atoms with Crippen LogP contribution in [-0.4, -0.2) is 6.21 Å². The molecule has 0 atom stereocenters.